The molecule has 5 heteroatoms. The fourth-order valence-corrected chi connectivity index (χ4v) is 0.475. The van der Waals surface area contributed by atoms with Crippen molar-refractivity contribution in [3.8, 4) is 0 Å². The van der Waals surface area contributed by atoms with Crippen molar-refractivity contribution in [2.45, 2.75) is 34.1 Å². The van der Waals surface area contributed by atoms with Gasteiger partial charge in [-0.3, -0.25) is 9.59 Å². The number of hydrogen-bond donors (Lipinski definition) is 2. The summed E-state index contributed by atoms with van der Waals surface area (Å²) in [5.41, 5.74) is -0.0313. The van der Waals surface area contributed by atoms with Crippen LogP contribution in [0.5, 0.6) is 0 Å². The van der Waals surface area contributed by atoms with E-state index in [2.05, 4.69) is 10.7 Å². The Kier molecular flexibility index (Phi) is 7.12. The van der Waals surface area contributed by atoms with Crippen LogP contribution in [-0.4, -0.2) is 17.0 Å². The van der Waals surface area contributed by atoms with Crippen LogP contribution < -0.4 is 5.90 Å². The van der Waals surface area contributed by atoms with Gasteiger partial charge in [0.05, 0.1) is 6.42 Å². The molecule has 5 nitrogen and oxygen atoms in total. The molecular formula is C8H17NO4. The van der Waals surface area contributed by atoms with Crippen molar-refractivity contribution < 1.29 is 19.5 Å². The topological polar surface area (TPSA) is 89.6 Å². The van der Waals surface area contributed by atoms with Crippen LogP contribution in [0, 0.1) is 5.41 Å². The molecule has 0 fully saturated rings. The average Bonchev–Trinajstić information content (AvgIpc) is 1.82. The van der Waals surface area contributed by atoms with E-state index in [4.69, 9.17) is 9.90 Å². The third kappa shape index (κ3) is 24.8. The molecule has 0 saturated carbocycles. The van der Waals surface area contributed by atoms with Crippen molar-refractivity contribution in [1.82, 2.24) is 0 Å². The highest BCUT2D eigenvalue weighted by Gasteiger charge is 2.15. The largest absolute Gasteiger partial charge is 0.481 e. The van der Waals surface area contributed by atoms with Gasteiger partial charge in [0.25, 0.3) is 5.97 Å². The van der Waals surface area contributed by atoms with Crippen molar-refractivity contribution in [3.05, 3.63) is 0 Å². The van der Waals surface area contributed by atoms with Gasteiger partial charge in [0.15, 0.2) is 0 Å². The predicted octanol–water partition coefficient (Wildman–Crippen LogP) is 0.930. The van der Waals surface area contributed by atoms with E-state index < -0.39 is 5.97 Å². The fourth-order valence-electron chi connectivity index (χ4n) is 0.475. The Morgan fingerprint density at radius 3 is 1.77 bits per heavy atom. The molecule has 0 unspecified atom stereocenters. The predicted molar refractivity (Wildman–Crippen MR) is 47.7 cm³/mol. The summed E-state index contributed by atoms with van der Waals surface area (Å²) in [6.07, 6.45) is 0.365. The molecule has 0 bridgehead atoms. The zero-order valence-corrected chi connectivity index (χ0v) is 8.46. The van der Waals surface area contributed by atoms with Crippen molar-refractivity contribution in [2.75, 3.05) is 0 Å². The number of aliphatic carboxylic acids is 1. The number of hydrogen-bond acceptors (Lipinski definition) is 4. The molecule has 0 saturated heterocycles. The van der Waals surface area contributed by atoms with E-state index in [1.807, 2.05) is 20.8 Å². The van der Waals surface area contributed by atoms with Crippen LogP contribution in [0.3, 0.4) is 0 Å². The van der Waals surface area contributed by atoms with Crippen LogP contribution in [0.2, 0.25) is 0 Å². The molecule has 0 spiro atoms. The third-order valence-corrected chi connectivity index (χ3v) is 0.806. The number of rotatable bonds is 1. The second-order valence-corrected chi connectivity index (χ2v) is 3.75. The van der Waals surface area contributed by atoms with E-state index >= 15 is 0 Å². The summed E-state index contributed by atoms with van der Waals surface area (Å²) in [6, 6.07) is 0. The molecule has 0 aromatic rings. The van der Waals surface area contributed by atoms with Gasteiger partial charge in [-0.15, -0.1) is 0 Å². The molecule has 0 aliphatic heterocycles. The molecular weight excluding hydrogens is 174 g/mol. The molecule has 0 rings (SSSR count). The Morgan fingerprint density at radius 2 is 1.69 bits per heavy atom. The molecule has 0 amide bonds. The molecule has 0 atom stereocenters. The first-order chi connectivity index (χ1) is 5.69. The number of carboxylic acids is 1. The maximum absolute atomic E-state index is 10.5. The number of carbonyl (C=O) groups excluding carboxylic acids is 1. The smallest absolute Gasteiger partial charge is 0.324 e. The lowest BCUT2D eigenvalue weighted by atomic mass is 9.93. The first kappa shape index (κ1) is 14.4. The summed E-state index contributed by atoms with van der Waals surface area (Å²) in [4.78, 5) is 23.5. The van der Waals surface area contributed by atoms with Gasteiger partial charge in [0, 0.05) is 6.92 Å². The maximum Gasteiger partial charge on any atom is 0.324 e. The summed E-state index contributed by atoms with van der Waals surface area (Å²) in [6.45, 7) is 6.93. The second kappa shape index (κ2) is 6.42. The summed E-state index contributed by atoms with van der Waals surface area (Å²) >= 11 is 0. The normalized spacial score (nSPS) is 9.62. The van der Waals surface area contributed by atoms with E-state index in [9.17, 15) is 4.79 Å². The van der Waals surface area contributed by atoms with Gasteiger partial charge < -0.3 is 9.94 Å². The molecule has 0 radical (unpaired) electrons. The fraction of sp³-hybridized carbons (Fsp3) is 0.750. The van der Waals surface area contributed by atoms with Gasteiger partial charge in [-0.25, -0.2) is 0 Å². The Morgan fingerprint density at radius 1 is 1.38 bits per heavy atom. The average molecular weight is 191 g/mol. The summed E-state index contributed by atoms with van der Waals surface area (Å²) in [7, 11) is 0. The molecule has 0 aromatic heterocycles. The number of carboxylic acid groups (broad SMARTS) is 1. The summed E-state index contributed by atoms with van der Waals surface area (Å²) in [5, 5.41) is 7.42. The lowest BCUT2D eigenvalue weighted by Gasteiger charge is -2.14. The van der Waals surface area contributed by atoms with Gasteiger partial charge >= 0.3 is 5.97 Å². The quantitative estimate of drug-likeness (QED) is 0.602. The van der Waals surface area contributed by atoms with Gasteiger partial charge in [0.2, 0.25) is 0 Å². The minimum Gasteiger partial charge on any atom is -0.481 e. The zero-order valence-electron chi connectivity index (χ0n) is 8.46. The SMILES string of the molecule is CC(=O)O.CC(C)(C)CC(=O)ON. The Balaban J connectivity index is 0. The molecule has 3 N–H and O–H groups in total. The van der Waals surface area contributed by atoms with Crippen LogP contribution in [0.15, 0.2) is 0 Å². The highest BCUT2D eigenvalue weighted by molar-refractivity contribution is 5.69. The second-order valence-electron chi connectivity index (χ2n) is 3.75. The monoisotopic (exact) mass is 191 g/mol. The number of carbonyl (C=O) groups is 2. The van der Waals surface area contributed by atoms with Gasteiger partial charge in [0.1, 0.15) is 0 Å². The Bertz CT molecular complexity index is 167. The van der Waals surface area contributed by atoms with Gasteiger partial charge in [-0.05, 0) is 5.41 Å². The van der Waals surface area contributed by atoms with E-state index in [1.165, 1.54) is 0 Å². The van der Waals surface area contributed by atoms with E-state index in [1.54, 1.807) is 0 Å². The van der Waals surface area contributed by atoms with Crippen molar-refractivity contribution in [2.24, 2.45) is 11.3 Å². The highest BCUT2D eigenvalue weighted by Crippen LogP contribution is 2.18. The zero-order chi connectivity index (χ0) is 11.1. The Hall–Kier alpha value is -1.10. The third-order valence-electron chi connectivity index (χ3n) is 0.806. The van der Waals surface area contributed by atoms with Crippen LogP contribution in [0.25, 0.3) is 0 Å². The number of nitrogens with two attached hydrogens (primary N) is 1. The van der Waals surface area contributed by atoms with Gasteiger partial charge in [-0.2, -0.15) is 5.90 Å². The first-order valence-electron chi connectivity index (χ1n) is 3.78. The van der Waals surface area contributed by atoms with Crippen LogP contribution in [0.4, 0.5) is 0 Å². The molecule has 0 aliphatic rings. The molecule has 78 valence electrons. The van der Waals surface area contributed by atoms with Crippen molar-refractivity contribution in [3.63, 3.8) is 0 Å². The lowest BCUT2D eigenvalue weighted by molar-refractivity contribution is -0.146. The Labute approximate surface area is 77.8 Å². The van der Waals surface area contributed by atoms with Crippen LogP contribution >= 0.6 is 0 Å². The summed E-state index contributed by atoms with van der Waals surface area (Å²) < 4.78 is 0. The molecule has 0 aromatic carbocycles. The minimum atomic E-state index is -0.833. The van der Waals surface area contributed by atoms with Crippen LogP contribution in [0.1, 0.15) is 34.1 Å². The minimum absolute atomic E-state index is 0.0313. The molecule has 0 aliphatic carbocycles. The van der Waals surface area contributed by atoms with E-state index in [0.717, 1.165) is 6.92 Å². The maximum atomic E-state index is 10.5. The van der Waals surface area contributed by atoms with Crippen LogP contribution in [-0.2, 0) is 14.4 Å². The lowest BCUT2D eigenvalue weighted by Crippen LogP contribution is -2.17. The molecule has 0 heterocycles. The first-order valence-corrected chi connectivity index (χ1v) is 3.78. The van der Waals surface area contributed by atoms with E-state index in [-0.39, 0.29) is 11.4 Å². The molecule has 13 heavy (non-hydrogen) atoms. The van der Waals surface area contributed by atoms with Gasteiger partial charge in [-0.1, -0.05) is 20.8 Å². The standard InChI is InChI=1S/C6H13NO2.C2H4O2/c1-6(2,3)4-5(8)9-7;1-2(3)4/h4,7H2,1-3H3;1H3,(H,3,4). The van der Waals surface area contributed by atoms with Crippen molar-refractivity contribution >= 4 is 11.9 Å². The summed E-state index contributed by atoms with van der Waals surface area (Å²) in [5.74, 6) is 3.44. The highest BCUT2D eigenvalue weighted by atomic mass is 16.7. The van der Waals surface area contributed by atoms with Crippen molar-refractivity contribution in [1.29, 1.82) is 0 Å². The van der Waals surface area contributed by atoms with E-state index in [0.29, 0.717) is 6.42 Å².